The van der Waals surface area contributed by atoms with E-state index in [1.165, 1.54) is 19.8 Å². The minimum atomic E-state index is 0.684. The monoisotopic (exact) mass is 647 g/mol. The highest BCUT2D eigenvalue weighted by Crippen LogP contribution is 2.31. The zero-order valence-corrected chi connectivity index (χ0v) is 27.3. The van der Waals surface area contributed by atoms with Crippen LogP contribution in [0.1, 0.15) is 18.7 Å². The fraction of sp³-hybridized carbons (Fsp3) is 0.0465. The molecule has 0 amide bonds. The zero-order chi connectivity index (χ0) is 32.6. The van der Waals surface area contributed by atoms with Gasteiger partial charge in [-0.25, -0.2) is 24.9 Å². The number of rotatable bonds is 6. The molecule has 3 aromatic heterocycles. The van der Waals surface area contributed by atoms with Crippen LogP contribution in [-0.2, 0) is 0 Å². The number of hydrogen-bond donors (Lipinski definition) is 0. The van der Waals surface area contributed by atoms with Crippen LogP contribution in [0.5, 0.6) is 0 Å². The summed E-state index contributed by atoms with van der Waals surface area (Å²) in [5.41, 5.74) is 8.02. The maximum Gasteiger partial charge on any atom is 0.164 e. The average molecular weight is 648 g/mol. The predicted octanol–water partition coefficient (Wildman–Crippen LogP) is 8.98. The molecule has 5 aromatic carbocycles. The summed E-state index contributed by atoms with van der Waals surface area (Å²) in [5.74, 6) is 2.82. The van der Waals surface area contributed by atoms with Crippen LogP contribution in [0.4, 0.5) is 0 Å². The molecule has 3 heterocycles. The van der Waals surface area contributed by atoms with Crippen molar-refractivity contribution in [3.05, 3.63) is 161 Å². The van der Waals surface area contributed by atoms with Crippen molar-refractivity contribution in [1.82, 2.24) is 24.9 Å². The summed E-state index contributed by atoms with van der Waals surface area (Å²) in [6.07, 6.45) is 4.15. The molecule has 0 bridgehead atoms. The second-order valence-electron chi connectivity index (χ2n) is 12.0. The molecule has 1 aliphatic carbocycles. The fourth-order valence-corrected chi connectivity index (χ4v) is 7.72. The third kappa shape index (κ3) is 5.62. The molecule has 9 rings (SSSR count). The summed E-state index contributed by atoms with van der Waals surface area (Å²) in [5, 5.41) is 2.50. The Labute approximate surface area is 287 Å². The fourth-order valence-electron chi connectivity index (χ4n) is 6.40. The summed E-state index contributed by atoms with van der Waals surface area (Å²) in [6, 6.07) is 49.6. The van der Waals surface area contributed by atoms with Crippen molar-refractivity contribution in [3.63, 3.8) is 0 Å². The highest BCUT2D eigenvalue weighted by molar-refractivity contribution is 7.17. The molecule has 0 unspecified atom stereocenters. The van der Waals surface area contributed by atoms with Crippen molar-refractivity contribution in [2.45, 2.75) is 12.8 Å². The van der Waals surface area contributed by atoms with Crippen molar-refractivity contribution >= 4 is 33.1 Å². The van der Waals surface area contributed by atoms with Gasteiger partial charge >= 0.3 is 0 Å². The van der Waals surface area contributed by atoms with E-state index < -0.39 is 0 Å². The largest absolute Gasteiger partial charge is 0.228 e. The van der Waals surface area contributed by atoms with E-state index in [4.69, 9.17) is 24.9 Å². The molecule has 0 N–H and O–H groups in total. The van der Waals surface area contributed by atoms with Gasteiger partial charge in [-0.2, -0.15) is 0 Å². The standard InChI is InChI=1S/C43H29N5S/c1-5-14-28(15-6-1)36-27-37(45-40(44-36)29-16-7-2-8-17-29)32-24-25-33-34-22-13-23-35(39(34)49-38(33)26-32)43-47-41(30-18-9-3-10-19-30)46-42(48-43)31-20-11-4-12-21-31/h1-12,14-22,24-27H,13,23H2. The molecular weight excluding hydrogens is 619 g/mol. The molecule has 0 saturated heterocycles. The first-order valence-electron chi connectivity index (χ1n) is 16.4. The van der Waals surface area contributed by atoms with E-state index in [1.54, 1.807) is 11.3 Å². The van der Waals surface area contributed by atoms with Gasteiger partial charge in [-0.1, -0.05) is 140 Å². The van der Waals surface area contributed by atoms with E-state index in [2.05, 4.69) is 78.9 Å². The first kappa shape index (κ1) is 29.1. The number of fused-ring (bicyclic) bond motifs is 3. The van der Waals surface area contributed by atoms with Crippen LogP contribution < -0.4 is 9.75 Å². The van der Waals surface area contributed by atoms with Crippen molar-refractivity contribution < 1.29 is 0 Å². The lowest BCUT2D eigenvalue weighted by atomic mass is 10.0. The van der Waals surface area contributed by atoms with E-state index in [9.17, 15) is 0 Å². The molecule has 0 fully saturated rings. The van der Waals surface area contributed by atoms with Gasteiger partial charge in [0.1, 0.15) is 0 Å². The van der Waals surface area contributed by atoms with Gasteiger partial charge in [0.2, 0.25) is 0 Å². The molecule has 0 aliphatic heterocycles. The maximum absolute atomic E-state index is 5.08. The van der Waals surface area contributed by atoms with Crippen LogP contribution in [-0.4, -0.2) is 24.9 Å². The zero-order valence-electron chi connectivity index (χ0n) is 26.5. The molecule has 5 nitrogen and oxygen atoms in total. The van der Waals surface area contributed by atoms with Crippen LogP contribution in [0, 0.1) is 0 Å². The summed E-state index contributed by atoms with van der Waals surface area (Å²) in [7, 11) is 0. The smallest absolute Gasteiger partial charge is 0.164 e. The van der Waals surface area contributed by atoms with Gasteiger partial charge in [0.15, 0.2) is 23.3 Å². The first-order valence-corrected chi connectivity index (χ1v) is 17.2. The maximum atomic E-state index is 5.08. The van der Waals surface area contributed by atoms with E-state index >= 15 is 0 Å². The van der Waals surface area contributed by atoms with Gasteiger partial charge in [0.05, 0.1) is 11.4 Å². The first-order chi connectivity index (χ1) is 24.3. The van der Waals surface area contributed by atoms with Crippen LogP contribution in [0.15, 0.2) is 146 Å². The van der Waals surface area contributed by atoms with Crippen LogP contribution in [0.3, 0.4) is 0 Å². The van der Waals surface area contributed by atoms with Gasteiger partial charge in [-0.05, 0) is 30.2 Å². The molecule has 1 aliphatic rings. The van der Waals surface area contributed by atoms with Crippen LogP contribution in [0.25, 0.3) is 78.4 Å². The Balaban J connectivity index is 1.21. The molecule has 0 atom stereocenters. The number of nitrogens with zero attached hydrogens (tertiary/aromatic N) is 5. The number of thiophene rings is 1. The minimum Gasteiger partial charge on any atom is -0.228 e. The molecule has 49 heavy (non-hydrogen) atoms. The van der Waals surface area contributed by atoms with Gasteiger partial charge in [-0.15, -0.1) is 11.3 Å². The van der Waals surface area contributed by atoms with E-state index in [0.29, 0.717) is 17.5 Å². The van der Waals surface area contributed by atoms with E-state index in [1.807, 2.05) is 72.8 Å². The van der Waals surface area contributed by atoms with Crippen LogP contribution in [0.2, 0.25) is 0 Å². The van der Waals surface area contributed by atoms with Gasteiger partial charge < -0.3 is 0 Å². The lowest BCUT2D eigenvalue weighted by molar-refractivity contribution is 0.987. The SMILES string of the molecule is C1=c2c(sc3cc(-c4cc(-c5ccccc5)nc(-c5ccccc5)n4)ccc23)=C(c2nc(-c3ccccc3)nc(-c3ccccc3)n2)CC1. The minimum absolute atomic E-state index is 0.684. The van der Waals surface area contributed by atoms with Gasteiger partial charge in [0.25, 0.3) is 0 Å². The third-order valence-corrected chi connectivity index (χ3v) is 10.1. The quantitative estimate of drug-likeness (QED) is 0.180. The summed E-state index contributed by atoms with van der Waals surface area (Å²) in [6.45, 7) is 0. The van der Waals surface area contributed by atoms with Crippen molar-refractivity contribution in [1.29, 1.82) is 0 Å². The second kappa shape index (κ2) is 12.5. The van der Waals surface area contributed by atoms with E-state index in [0.717, 1.165) is 63.4 Å². The Morgan fingerprint density at radius 3 is 1.49 bits per heavy atom. The Hall–Kier alpha value is -6.11. The Morgan fingerprint density at radius 2 is 0.918 bits per heavy atom. The molecule has 0 spiro atoms. The topological polar surface area (TPSA) is 64.5 Å². The average Bonchev–Trinajstić information content (AvgIpc) is 3.57. The number of benzene rings is 5. The second-order valence-corrected chi connectivity index (χ2v) is 13.1. The lowest BCUT2D eigenvalue weighted by Crippen LogP contribution is -2.26. The summed E-state index contributed by atoms with van der Waals surface area (Å²) < 4.78 is 2.43. The molecule has 232 valence electrons. The molecule has 0 radical (unpaired) electrons. The molecule has 8 aromatic rings. The number of aromatic nitrogens is 5. The Morgan fingerprint density at radius 1 is 0.429 bits per heavy atom. The lowest BCUT2D eigenvalue weighted by Gasteiger charge is -2.11. The highest BCUT2D eigenvalue weighted by atomic mass is 32.1. The Bertz CT molecular complexity index is 2470. The predicted molar refractivity (Wildman–Crippen MR) is 200 cm³/mol. The van der Waals surface area contributed by atoms with Crippen molar-refractivity contribution in [2.24, 2.45) is 0 Å². The van der Waals surface area contributed by atoms with Crippen LogP contribution >= 0.6 is 11.3 Å². The normalized spacial score (nSPS) is 12.4. The molecular formula is C43H29N5S. The Kier molecular flexibility index (Phi) is 7.41. The number of hydrogen-bond acceptors (Lipinski definition) is 6. The van der Waals surface area contributed by atoms with Crippen molar-refractivity contribution in [2.75, 3.05) is 0 Å². The summed E-state index contributed by atoms with van der Waals surface area (Å²) >= 11 is 1.80. The molecule has 6 heteroatoms. The summed E-state index contributed by atoms with van der Waals surface area (Å²) in [4.78, 5) is 25.1. The third-order valence-electron chi connectivity index (χ3n) is 8.84. The van der Waals surface area contributed by atoms with Gasteiger partial charge in [-0.3, -0.25) is 0 Å². The van der Waals surface area contributed by atoms with Gasteiger partial charge in [0, 0.05) is 48.0 Å². The molecule has 0 saturated carbocycles. The van der Waals surface area contributed by atoms with Crippen molar-refractivity contribution in [3.8, 4) is 56.7 Å². The van der Waals surface area contributed by atoms with E-state index in [-0.39, 0.29) is 0 Å². The highest BCUT2D eigenvalue weighted by Gasteiger charge is 2.19.